The Bertz CT molecular complexity index is 322. The molecule has 0 aliphatic rings. The number of hydrogen-bond acceptors (Lipinski definition) is 1. The Morgan fingerprint density at radius 1 is 1.31 bits per heavy atom. The number of amides is 2. The number of benzene rings is 1. The summed E-state index contributed by atoms with van der Waals surface area (Å²) < 4.78 is 0. The van der Waals surface area contributed by atoms with E-state index in [4.69, 9.17) is 0 Å². The molecule has 1 rings (SSSR count). The first-order chi connectivity index (χ1) is 7.63. The Kier molecular flexibility index (Phi) is 4.83. The van der Waals surface area contributed by atoms with E-state index in [2.05, 4.69) is 19.2 Å². The Balaban J connectivity index is 2.56. The smallest absolute Gasteiger partial charge is 0.321 e. The molecule has 1 aromatic rings. The van der Waals surface area contributed by atoms with E-state index in [1.165, 1.54) is 0 Å². The quantitative estimate of drug-likeness (QED) is 0.830. The van der Waals surface area contributed by atoms with Crippen LogP contribution in [0, 0.1) is 5.92 Å². The highest BCUT2D eigenvalue weighted by Crippen LogP contribution is 2.07. The lowest BCUT2D eigenvalue weighted by atomic mass is 10.2. The standard InChI is InChI=1S/C13H20N2O/c1-4-15(10-11(2)3)13(16)14-12-8-6-5-7-9-12/h5-9,11H,4,10H2,1-3H3,(H,14,16). The van der Waals surface area contributed by atoms with Crippen molar-refractivity contribution in [1.82, 2.24) is 4.90 Å². The maximum Gasteiger partial charge on any atom is 0.321 e. The number of hydrogen-bond donors (Lipinski definition) is 1. The summed E-state index contributed by atoms with van der Waals surface area (Å²) in [4.78, 5) is 13.7. The maximum atomic E-state index is 11.9. The van der Waals surface area contributed by atoms with E-state index in [0.29, 0.717) is 5.92 Å². The van der Waals surface area contributed by atoms with E-state index in [9.17, 15) is 4.79 Å². The van der Waals surface area contributed by atoms with Crippen molar-refractivity contribution in [3.8, 4) is 0 Å². The van der Waals surface area contributed by atoms with Gasteiger partial charge >= 0.3 is 6.03 Å². The average Bonchev–Trinajstić information content (AvgIpc) is 2.26. The lowest BCUT2D eigenvalue weighted by molar-refractivity contribution is 0.208. The Hall–Kier alpha value is -1.51. The lowest BCUT2D eigenvalue weighted by Gasteiger charge is -2.23. The minimum absolute atomic E-state index is 0.0256. The molecule has 0 saturated carbocycles. The number of urea groups is 1. The molecule has 0 saturated heterocycles. The van der Waals surface area contributed by atoms with Crippen LogP contribution in [0.15, 0.2) is 30.3 Å². The van der Waals surface area contributed by atoms with Crippen LogP contribution in [0.2, 0.25) is 0 Å². The summed E-state index contributed by atoms with van der Waals surface area (Å²) in [5.41, 5.74) is 0.842. The Morgan fingerprint density at radius 3 is 2.44 bits per heavy atom. The average molecular weight is 220 g/mol. The van der Waals surface area contributed by atoms with Crippen LogP contribution in [0.3, 0.4) is 0 Å². The normalized spacial score (nSPS) is 10.2. The van der Waals surface area contributed by atoms with Gasteiger partial charge in [0, 0.05) is 18.8 Å². The molecular weight excluding hydrogens is 200 g/mol. The number of carbonyl (C=O) groups excluding carboxylic acids is 1. The SMILES string of the molecule is CCN(CC(C)C)C(=O)Nc1ccccc1. The minimum atomic E-state index is -0.0256. The molecule has 0 unspecified atom stereocenters. The van der Waals surface area contributed by atoms with Crippen LogP contribution in [-0.2, 0) is 0 Å². The summed E-state index contributed by atoms with van der Waals surface area (Å²) in [6.45, 7) is 7.73. The molecule has 0 radical (unpaired) electrons. The fourth-order valence-corrected chi connectivity index (χ4v) is 1.52. The van der Waals surface area contributed by atoms with E-state index in [-0.39, 0.29) is 6.03 Å². The molecule has 0 aliphatic heterocycles. The second kappa shape index (κ2) is 6.16. The van der Waals surface area contributed by atoms with Crippen molar-refractivity contribution in [2.24, 2.45) is 5.92 Å². The van der Waals surface area contributed by atoms with Gasteiger partial charge in [0.15, 0.2) is 0 Å². The van der Waals surface area contributed by atoms with Crippen LogP contribution < -0.4 is 5.32 Å². The number of nitrogens with zero attached hydrogens (tertiary/aromatic N) is 1. The predicted molar refractivity (Wildman–Crippen MR) is 67.5 cm³/mol. The first-order valence-corrected chi connectivity index (χ1v) is 5.74. The van der Waals surface area contributed by atoms with Crippen molar-refractivity contribution >= 4 is 11.7 Å². The summed E-state index contributed by atoms with van der Waals surface area (Å²) in [6, 6.07) is 9.51. The topological polar surface area (TPSA) is 32.3 Å². The monoisotopic (exact) mass is 220 g/mol. The molecular formula is C13H20N2O. The molecule has 0 fully saturated rings. The number of rotatable bonds is 4. The van der Waals surface area contributed by atoms with Gasteiger partial charge in [-0.2, -0.15) is 0 Å². The number of para-hydroxylation sites is 1. The van der Waals surface area contributed by atoms with E-state index >= 15 is 0 Å². The number of carbonyl (C=O) groups is 1. The van der Waals surface area contributed by atoms with Crippen LogP contribution >= 0.6 is 0 Å². The molecule has 0 aliphatic carbocycles. The second-order valence-electron chi connectivity index (χ2n) is 4.23. The van der Waals surface area contributed by atoms with Gasteiger partial charge in [0.2, 0.25) is 0 Å². The van der Waals surface area contributed by atoms with Crippen molar-refractivity contribution in [2.45, 2.75) is 20.8 Å². The first-order valence-electron chi connectivity index (χ1n) is 5.74. The fraction of sp³-hybridized carbons (Fsp3) is 0.462. The predicted octanol–water partition coefficient (Wildman–Crippen LogP) is 3.20. The fourth-order valence-electron chi connectivity index (χ4n) is 1.52. The highest BCUT2D eigenvalue weighted by atomic mass is 16.2. The summed E-state index contributed by atoms with van der Waals surface area (Å²) in [7, 11) is 0. The zero-order valence-electron chi connectivity index (χ0n) is 10.2. The van der Waals surface area contributed by atoms with Crippen molar-refractivity contribution in [3.05, 3.63) is 30.3 Å². The molecule has 3 nitrogen and oxygen atoms in total. The molecule has 0 atom stereocenters. The van der Waals surface area contributed by atoms with Gasteiger partial charge < -0.3 is 10.2 Å². The van der Waals surface area contributed by atoms with Gasteiger partial charge in [-0.1, -0.05) is 32.0 Å². The summed E-state index contributed by atoms with van der Waals surface area (Å²) in [5, 5.41) is 2.89. The third-order valence-corrected chi connectivity index (χ3v) is 2.28. The maximum absolute atomic E-state index is 11.9. The van der Waals surface area contributed by atoms with Crippen LogP contribution in [0.5, 0.6) is 0 Å². The molecule has 16 heavy (non-hydrogen) atoms. The second-order valence-corrected chi connectivity index (χ2v) is 4.23. The van der Waals surface area contributed by atoms with Gasteiger partial charge in [-0.05, 0) is 25.0 Å². The van der Waals surface area contributed by atoms with Gasteiger partial charge in [0.25, 0.3) is 0 Å². The molecule has 3 heteroatoms. The van der Waals surface area contributed by atoms with Gasteiger partial charge in [-0.15, -0.1) is 0 Å². The van der Waals surface area contributed by atoms with E-state index in [1.54, 1.807) is 0 Å². The summed E-state index contributed by atoms with van der Waals surface area (Å²) in [6.07, 6.45) is 0. The lowest BCUT2D eigenvalue weighted by Crippen LogP contribution is -2.37. The highest BCUT2D eigenvalue weighted by Gasteiger charge is 2.12. The van der Waals surface area contributed by atoms with Crippen molar-refractivity contribution in [2.75, 3.05) is 18.4 Å². The molecule has 0 aromatic heterocycles. The van der Waals surface area contributed by atoms with Crippen LogP contribution in [-0.4, -0.2) is 24.0 Å². The molecule has 0 spiro atoms. The molecule has 2 amide bonds. The molecule has 0 heterocycles. The van der Waals surface area contributed by atoms with Gasteiger partial charge in [0.05, 0.1) is 0 Å². The zero-order valence-corrected chi connectivity index (χ0v) is 10.2. The molecule has 1 N–H and O–H groups in total. The molecule has 0 bridgehead atoms. The van der Waals surface area contributed by atoms with Crippen LogP contribution in [0.25, 0.3) is 0 Å². The van der Waals surface area contributed by atoms with Gasteiger partial charge in [-0.3, -0.25) is 0 Å². The number of anilines is 1. The molecule has 1 aromatic carbocycles. The third kappa shape index (κ3) is 3.93. The van der Waals surface area contributed by atoms with E-state index in [0.717, 1.165) is 18.8 Å². The van der Waals surface area contributed by atoms with Crippen LogP contribution in [0.4, 0.5) is 10.5 Å². The largest absolute Gasteiger partial charge is 0.325 e. The first kappa shape index (κ1) is 12.6. The van der Waals surface area contributed by atoms with Gasteiger partial charge in [0.1, 0.15) is 0 Å². The Labute approximate surface area is 97.5 Å². The van der Waals surface area contributed by atoms with Crippen LogP contribution in [0.1, 0.15) is 20.8 Å². The van der Waals surface area contributed by atoms with Crippen molar-refractivity contribution < 1.29 is 4.79 Å². The minimum Gasteiger partial charge on any atom is -0.325 e. The summed E-state index contributed by atoms with van der Waals surface area (Å²) >= 11 is 0. The van der Waals surface area contributed by atoms with E-state index in [1.807, 2.05) is 42.2 Å². The summed E-state index contributed by atoms with van der Waals surface area (Å²) in [5.74, 6) is 0.487. The number of nitrogens with one attached hydrogen (secondary N) is 1. The van der Waals surface area contributed by atoms with Crippen molar-refractivity contribution in [1.29, 1.82) is 0 Å². The van der Waals surface area contributed by atoms with Gasteiger partial charge in [-0.25, -0.2) is 4.79 Å². The zero-order chi connectivity index (χ0) is 12.0. The highest BCUT2D eigenvalue weighted by molar-refractivity contribution is 5.89. The van der Waals surface area contributed by atoms with Crippen molar-refractivity contribution in [3.63, 3.8) is 0 Å². The molecule has 88 valence electrons. The Morgan fingerprint density at radius 2 is 1.94 bits per heavy atom. The third-order valence-electron chi connectivity index (χ3n) is 2.28. The van der Waals surface area contributed by atoms with E-state index < -0.39 is 0 Å².